The number of benzene rings is 1. The van der Waals surface area contributed by atoms with Crippen LogP contribution >= 0.6 is 0 Å². The van der Waals surface area contributed by atoms with Crippen LogP contribution in [0.3, 0.4) is 0 Å². The molecule has 1 aromatic rings. The van der Waals surface area contributed by atoms with Crippen molar-refractivity contribution in [1.82, 2.24) is 0 Å². The molecule has 0 spiro atoms. The van der Waals surface area contributed by atoms with Crippen LogP contribution in [-0.2, 0) is 4.74 Å². The van der Waals surface area contributed by atoms with Crippen LogP contribution in [0.25, 0.3) is 0 Å². The number of esters is 1. The molecule has 0 amide bonds. The molecule has 0 aliphatic carbocycles. The number of nitrogens with zero attached hydrogens (tertiary/aromatic N) is 1. The Balaban J connectivity index is 2.14. The van der Waals surface area contributed by atoms with Gasteiger partial charge in [-0.1, -0.05) is 20.8 Å². The molecule has 0 aromatic heterocycles. The highest BCUT2D eigenvalue weighted by molar-refractivity contribution is 5.92. The number of ether oxygens (including phenoxy) is 1. The second-order valence-electron chi connectivity index (χ2n) is 6.79. The van der Waals surface area contributed by atoms with Gasteiger partial charge in [0.1, 0.15) is 0 Å². The van der Waals surface area contributed by atoms with Crippen molar-refractivity contribution in [3.05, 3.63) is 23.8 Å². The van der Waals surface area contributed by atoms with Gasteiger partial charge in [-0.25, -0.2) is 4.79 Å². The number of rotatable bonds is 3. The summed E-state index contributed by atoms with van der Waals surface area (Å²) in [6, 6.07) is 5.46. The molecule has 1 aromatic carbocycles. The van der Waals surface area contributed by atoms with Gasteiger partial charge in [0.15, 0.2) is 0 Å². The lowest BCUT2D eigenvalue weighted by Crippen LogP contribution is -2.26. The molecule has 4 nitrogen and oxygen atoms in total. The average Bonchev–Trinajstić information content (AvgIpc) is 2.88. The largest absolute Gasteiger partial charge is 0.462 e. The summed E-state index contributed by atoms with van der Waals surface area (Å²) in [7, 11) is 0. The van der Waals surface area contributed by atoms with Crippen molar-refractivity contribution in [3.63, 3.8) is 0 Å². The zero-order chi connectivity index (χ0) is 15.6. The van der Waals surface area contributed by atoms with E-state index in [9.17, 15) is 4.79 Å². The summed E-state index contributed by atoms with van der Waals surface area (Å²) in [5.74, 6) is 0.353. The first-order chi connectivity index (χ1) is 9.82. The van der Waals surface area contributed by atoms with E-state index in [-0.39, 0.29) is 5.97 Å². The molecule has 1 aliphatic heterocycles. The fourth-order valence-electron chi connectivity index (χ4n) is 2.87. The summed E-state index contributed by atoms with van der Waals surface area (Å²) in [5, 5.41) is 0. The van der Waals surface area contributed by atoms with Gasteiger partial charge in [0.25, 0.3) is 0 Å². The second kappa shape index (κ2) is 5.96. The van der Waals surface area contributed by atoms with Gasteiger partial charge in [0, 0.05) is 13.1 Å². The van der Waals surface area contributed by atoms with E-state index in [1.54, 1.807) is 19.1 Å². The van der Waals surface area contributed by atoms with Crippen molar-refractivity contribution in [2.24, 2.45) is 11.3 Å². The number of hydrogen-bond donors (Lipinski definition) is 1. The Morgan fingerprint density at radius 2 is 2.14 bits per heavy atom. The molecule has 2 rings (SSSR count). The minimum atomic E-state index is -0.315. The highest BCUT2D eigenvalue weighted by Crippen LogP contribution is 2.37. The van der Waals surface area contributed by atoms with Gasteiger partial charge in [-0.2, -0.15) is 0 Å². The van der Waals surface area contributed by atoms with Crippen molar-refractivity contribution >= 4 is 17.3 Å². The molecule has 0 saturated carbocycles. The monoisotopic (exact) mass is 290 g/mol. The maximum atomic E-state index is 11.7. The van der Waals surface area contributed by atoms with Crippen LogP contribution in [0.15, 0.2) is 18.2 Å². The highest BCUT2D eigenvalue weighted by atomic mass is 16.5. The fraction of sp³-hybridized carbons (Fsp3) is 0.588. The van der Waals surface area contributed by atoms with Crippen LogP contribution in [0.2, 0.25) is 0 Å². The molecule has 1 saturated heterocycles. The molecule has 1 heterocycles. The molecule has 1 fully saturated rings. The minimum Gasteiger partial charge on any atom is -0.462 e. The minimum absolute atomic E-state index is 0.314. The zero-order valence-electron chi connectivity index (χ0n) is 13.5. The lowest BCUT2D eigenvalue weighted by Gasteiger charge is -2.28. The number of carbonyl (C=O) groups excluding carboxylic acids is 1. The Labute approximate surface area is 127 Å². The Morgan fingerprint density at radius 1 is 1.43 bits per heavy atom. The highest BCUT2D eigenvalue weighted by Gasteiger charge is 2.32. The number of hydrogen-bond acceptors (Lipinski definition) is 4. The summed E-state index contributed by atoms with van der Waals surface area (Å²) in [6.07, 6.45) is 1.18. The van der Waals surface area contributed by atoms with Gasteiger partial charge >= 0.3 is 5.97 Å². The first kappa shape index (κ1) is 15.7. The zero-order valence-corrected chi connectivity index (χ0v) is 13.5. The molecular weight excluding hydrogens is 264 g/mol. The number of nitrogens with two attached hydrogens (primary N) is 1. The predicted octanol–water partition coefficient (Wildman–Crippen LogP) is 3.32. The van der Waals surface area contributed by atoms with Crippen LogP contribution in [0.4, 0.5) is 11.4 Å². The maximum Gasteiger partial charge on any atom is 0.338 e. The van der Waals surface area contributed by atoms with Crippen molar-refractivity contribution in [1.29, 1.82) is 0 Å². The topological polar surface area (TPSA) is 55.6 Å². The molecule has 1 unspecified atom stereocenters. The molecule has 4 heteroatoms. The normalized spacial score (nSPS) is 18.9. The van der Waals surface area contributed by atoms with Gasteiger partial charge in [0.2, 0.25) is 0 Å². The molecule has 0 bridgehead atoms. The fourth-order valence-corrected chi connectivity index (χ4v) is 2.87. The number of nitrogen functional groups attached to an aromatic ring is 1. The van der Waals surface area contributed by atoms with Crippen LogP contribution in [0, 0.1) is 11.3 Å². The molecule has 116 valence electrons. The van der Waals surface area contributed by atoms with Gasteiger partial charge in [-0.05, 0) is 42.9 Å². The Kier molecular flexibility index (Phi) is 4.45. The smallest absolute Gasteiger partial charge is 0.338 e. The standard InChI is InChI=1S/C17H26N2O2/c1-5-21-16(20)12-6-7-15(14(18)10-12)19-9-8-13(11-19)17(2,3)4/h6-7,10,13H,5,8-9,11,18H2,1-4H3. The van der Waals surface area contributed by atoms with Crippen LogP contribution in [-0.4, -0.2) is 25.7 Å². The average molecular weight is 290 g/mol. The lowest BCUT2D eigenvalue weighted by atomic mass is 9.80. The summed E-state index contributed by atoms with van der Waals surface area (Å²) < 4.78 is 5.00. The van der Waals surface area contributed by atoms with Gasteiger partial charge in [-0.3, -0.25) is 0 Å². The van der Waals surface area contributed by atoms with E-state index in [1.165, 1.54) is 6.42 Å². The summed E-state index contributed by atoms with van der Waals surface area (Å²) in [4.78, 5) is 14.0. The number of carbonyl (C=O) groups is 1. The third kappa shape index (κ3) is 3.49. The van der Waals surface area contributed by atoms with E-state index in [0.29, 0.717) is 29.2 Å². The lowest BCUT2D eigenvalue weighted by molar-refractivity contribution is 0.0526. The van der Waals surface area contributed by atoms with Gasteiger partial charge < -0.3 is 15.4 Å². The van der Waals surface area contributed by atoms with Crippen molar-refractivity contribution in [2.75, 3.05) is 30.3 Å². The van der Waals surface area contributed by atoms with E-state index < -0.39 is 0 Å². The van der Waals surface area contributed by atoms with Crippen molar-refractivity contribution < 1.29 is 9.53 Å². The molecule has 21 heavy (non-hydrogen) atoms. The van der Waals surface area contributed by atoms with E-state index in [0.717, 1.165) is 18.8 Å². The quantitative estimate of drug-likeness (QED) is 0.685. The van der Waals surface area contributed by atoms with Gasteiger partial charge in [0.05, 0.1) is 23.5 Å². The summed E-state index contributed by atoms with van der Waals surface area (Å²) >= 11 is 0. The Morgan fingerprint density at radius 3 is 2.67 bits per heavy atom. The van der Waals surface area contributed by atoms with Crippen molar-refractivity contribution in [2.45, 2.75) is 34.1 Å². The van der Waals surface area contributed by atoms with E-state index in [1.807, 2.05) is 6.07 Å². The molecule has 1 atom stereocenters. The summed E-state index contributed by atoms with van der Waals surface area (Å²) in [6.45, 7) is 11.1. The molecule has 0 radical (unpaired) electrons. The summed E-state index contributed by atoms with van der Waals surface area (Å²) in [5.41, 5.74) is 8.64. The Hall–Kier alpha value is -1.71. The van der Waals surface area contributed by atoms with E-state index in [2.05, 4.69) is 25.7 Å². The Bertz CT molecular complexity index is 520. The molecule has 1 aliphatic rings. The van der Waals surface area contributed by atoms with E-state index in [4.69, 9.17) is 10.5 Å². The third-order valence-corrected chi connectivity index (χ3v) is 4.29. The van der Waals surface area contributed by atoms with Crippen LogP contribution < -0.4 is 10.6 Å². The molecular formula is C17H26N2O2. The SMILES string of the molecule is CCOC(=O)c1ccc(N2CCC(C(C)(C)C)C2)c(N)c1. The third-order valence-electron chi connectivity index (χ3n) is 4.29. The first-order valence-corrected chi connectivity index (χ1v) is 7.64. The van der Waals surface area contributed by atoms with Crippen LogP contribution in [0.1, 0.15) is 44.5 Å². The van der Waals surface area contributed by atoms with Gasteiger partial charge in [-0.15, -0.1) is 0 Å². The first-order valence-electron chi connectivity index (χ1n) is 7.64. The second-order valence-corrected chi connectivity index (χ2v) is 6.79. The molecule has 2 N–H and O–H groups in total. The van der Waals surface area contributed by atoms with E-state index >= 15 is 0 Å². The predicted molar refractivity (Wildman–Crippen MR) is 86.6 cm³/mol. The maximum absolute atomic E-state index is 11.7. The van der Waals surface area contributed by atoms with Crippen molar-refractivity contribution in [3.8, 4) is 0 Å². The number of anilines is 2. The van der Waals surface area contributed by atoms with Crippen LogP contribution in [0.5, 0.6) is 0 Å².